The molecule has 1 rings (SSSR count). The number of benzene rings is 1. The lowest BCUT2D eigenvalue weighted by Gasteiger charge is -2.15. The molecule has 1 aromatic rings. The monoisotopic (exact) mass is 270 g/mol. The van der Waals surface area contributed by atoms with Crippen LogP contribution in [0.2, 0.25) is 0 Å². The smallest absolute Gasteiger partial charge is 0.222 e. The summed E-state index contributed by atoms with van der Waals surface area (Å²) in [5.41, 5.74) is 5.95. The topological polar surface area (TPSA) is 84.6 Å². The van der Waals surface area contributed by atoms with Crippen molar-refractivity contribution >= 4 is 5.91 Å². The molecule has 0 aliphatic rings. The van der Waals surface area contributed by atoms with Gasteiger partial charge in [0, 0.05) is 20.2 Å². The van der Waals surface area contributed by atoms with Crippen molar-refractivity contribution in [3.8, 4) is 0 Å². The van der Waals surface area contributed by atoms with Crippen molar-refractivity contribution in [1.29, 1.82) is 0 Å². The van der Waals surface area contributed by atoms with Crippen molar-refractivity contribution < 1.29 is 19.0 Å². The van der Waals surface area contributed by atoms with Gasteiger partial charge in [0.1, 0.15) is 5.82 Å². The van der Waals surface area contributed by atoms with Crippen LogP contribution in [0.1, 0.15) is 18.1 Å². The van der Waals surface area contributed by atoms with E-state index in [-0.39, 0.29) is 37.3 Å². The molecule has 0 bridgehead atoms. The number of aliphatic hydroxyl groups is 1. The lowest BCUT2D eigenvalue weighted by atomic mass is 10.1. The highest BCUT2D eigenvalue weighted by atomic mass is 19.1. The minimum Gasteiger partial charge on any atom is -0.387 e. The van der Waals surface area contributed by atoms with E-state index < -0.39 is 6.10 Å². The number of nitrogens with two attached hydrogens (primary N) is 1. The molecule has 2 unspecified atom stereocenters. The third-order valence-corrected chi connectivity index (χ3v) is 2.76. The molecule has 1 aromatic carbocycles. The van der Waals surface area contributed by atoms with Gasteiger partial charge in [-0.15, -0.1) is 0 Å². The predicted octanol–water partition coefficient (Wildman–Crippen LogP) is 0.339. The largest absolute Gasteiger partial charge is 0.387 e. The van der Waals surface area contributed by atoms with E-state index in [9.17, 15) is 14.3 Å². The van der Waals surface area contributed by atoms with Crippen LogP contribution >= 0.6 is 0 Å². The van der Waals surface area contributed by atoms with Gasteiger partial charge in [-0.05, 0) is 17.7 Å². The first-order valence-electron chi connectivity index (χ1n) is 6.00. The van der Waals surface area contributed by atoms with Crippen LogP contribution in [0.4, 0.5) is 4.39 Å². The number of carbonyl (C=O) groups excluding carboxylic acids is 1. The maximum Gasteiger partial charge on any atom is 0.222 e. The highest BCUT2D eigenvalue weighted by molar-refractivity contribution is 5.76. The molecule has 19 heavy (non-hydrogen) atoms. The Kier molecular flexibility index (Phi) is 6.41. The van der Waals surface area contributed by atoms with Gasteiger partial charge in [-0.3, -0.25) is 4.79 Å². The van der Waals surface area contributed by atoms with Gasteiger partial charge in [0.25, 0.3) is 0 Å². The third kappa shape index (κ3) is 5.34. The molecule has 6 heteroatoms. The Bertz CT molecular complexity index is 393. The van der Waals surface area contributed by atoms with Gasteiger partial charge in [-0.2, -0.15) is 0 Å². The van der Waals surface area contributed by atoms with E-state index in [2.05, 4.69) is 5.32 Å². The summed E-state index contributed by atoms with van der Waals surface area (Å²) in [5, 5.41) is 12.4. The molecule has 0 aliphatic carbocycles. The van der Waals surface area contributed by atoms with Crippen LogP contribution in [-0.2, 0) is 9.53 Å². The minimum absolute atomic E-state index is 0.0610. The van der Waals surface area contributed by atoms with Crippen LogP contribution in [0.5, 0.6) is 0 Å². The molecule has 4 N–H and O–H groups in total. The Morgan fingerprint density at radius 3 is 2.63 bits per heavy atom. The summed E-state index contributed by atoms with van der Waals surface area (Å²) in [4.78, 5) is 11.5. The Balaban J connectivity index is 2.39. The van der Waals surface area contributed by atoms with Gasteiger partial charge in [0.15, 0.2) is 0 Å². The molecule has 1 amide bonds. The summed E-state index contributed by atoms with van der Waals surface area (Å²) in [5.74, 6) is -0.621. The maximum absolute atomic E-state index is 12.7. The van der Waals surface area contributed by atoms with E-state index in [0.29, 0.717) is 5.56 Å². The van der Waals surface area contributed by atoms with Crippen LogP contribution in [-0.4, -0.2) is 37.3 Å². The number of nitrogens with one attached hydrogen (secondary N) is 1. The average molecular weight is 270 g/mol. The average Bonchev–Trinajstić information content (AvgIpc) is 2.43. The summed E-state index contributed by atoms with van der Waals surface area (Å²) in [6.07, 6.45) is -1.06. The number of amides is 1. The molecule has 0 heterocycles. The summed E-state index contributed by atoms with van der Waals surface area (Å²) >= 11 is 0. The number of aliphatic hydroxyl groups excluding tert-OH is 1. The van der Waals surface area contributed by atoms with Crippen LogP contribution < -0.4 is 11.1 Å². The Hall–Kier alpha value is -1.50. The quantitative estimate of drug-likeness (QED) is 0.667. The summed E-state index contributed by atoms with van der Waals surface area (Å²) in [6.45, 7) is 0.315. The van der Waals surface area contributed by atoms with Crippen LogP contribution in [0.3, 0.4) is 0 Å². The van der Waals surface area contributed by atoms with Crippen LogP contribution in [0, 0.1) is 5.82 Å². The summed E-state index contributed by atoms with van der Waals surface area (Å²) < 4.78 is 17.7. The molecule has 0 saturated heterocycles. The first-order chi connectivity index (χ1) is 9.06. The molecule has 0 radical (unpaired) electrons. The molecule has 5 nitrogen and oxygen atoms in total. The molecule has 0 saturated carbocycles. The molecule has 0 aliphatic heterocycles. The molecule has 2 atom stereocenters. The van der Waals surface area contributed by atoms with E-state index in [1.165, 1.54) is 31.4 Å². The van der Waals surface area contributed by atoms with Crippen molar-refractivity contribution in [3.63, 3.8) is 0 Å². The van der Waals surface area contributed by atoms with Gasteiger partial charge in [0.05, 0.1) is 18.6 Å². The predicted molar refractivity (Wildman–Crippen MR) is 68.8 cm³/mol. The van der Waals surface area contributed by atoms with Crippen LogP contribution in [0.25, 0.3) is 0 Å². The highest BCUT2D eigenvalue weighted by Crippen LogP contribution is 2.12. The van der Waals surface area contributed by atoms with Gasteiger partial charge in [-0.25, -0.2) is 4.39 Å². The number of hydrogen-bond acceptors (Lipinski definition) is 4. The zero-order valence-electron chi connectivity index (χ0n) is 10.8. The lowest BCUT2D eigenvalue weighted by Crippen LogP contribution is -2.34. The zero-order chi connectivity index (χ0) is 14.3. The lowest BCUT2D eigenvalue weighted by molar-refractivity contribution is -0.123. The number of carbonyl (C=O) groups is 1. The minimum atomic E-state index is -0.872. The highest BCUT2D eigenvalue weighted by Gasteiger charge is 2.13. The van der Waals surface area contributed by atoms with Crippen molar-refractivity contribution in [3.05, 3.63) is 35.6 Å². The number of hydrogen-bond donors (Lipinski definition) is 3. The van der Waals surface area contributed by atoms with Gasteiger partial charge in [-0.1, -0.05) is 12.1 Å². The normalized spacial score (nSPS) is 13.9. The Morgan fingerprint density at radius 2 is 2.11 bits per heavy atom. The summed E-state index contributed by atoms with van der Waals surface area (Å²) in [7, 11) is 1.48. The first-order valence-corrected chi connectivity index (χ1v) is 6.00. The number of ether oxygens (including phenoxy) is 1. The van der Waals surface area contributed by atoms with Gasteiger partial charge in [0.2, 0.25) is 5.91 Å². The second kappa shape index (κ2) is 7.83. The fourth-order valence-electron chi connectivity index (χ4n) is 1.56. The first kappa shape index (κ1) is 15.6. The second-order valence-electron chi connectivity index (χ2n) is 4.17. The van der Waals surface area contributed by atoms with E-state index in [4.69, 9.17) is 10.5 Å². The Labute approximate surface area is 111 Å². The fraction of sp³-hybridized carbons (Fsp3) is 0.462. The number of rotatable bonds is 7. The maximum atomic E-state index is 12.7. The Morgan fingerprint density at radius 1 is 1.47 bits per heavy atom. The van der Waals surface area contributed by atoms with Crippen molar-refractivity contribution in [2.24, 2.45) is 5.73 Å². The fourth-order valence-corrected chi connectivity index (χ4v) is 1.56. The van der Waals surface area contributed by atoms with E-state index in [0.717, 1.165) is 0 Å². The van der Waals surface area contributed by atoms with Crippen molar-refractivity contribution in [1.82, 2.24) is 5.32 Å². The molecule has 0 fully saturated rings. The van der Waals surface area contributed by atoms with Crippen LogP contribution in [0.15, 0.2) is 24.3 Å². The van der Waals surface area contributed by atoms with E-state index in [1.54, 1.807) is 0 Å². The number of methoxy groups -OCH3 is 1. The number of halogens is 1. The van der Waals surface area contributed by atoms with Crippen molar-refractivity contribution in [2.75, 3.05) is 20.2 Å². The second-order valence-corrected chi connectivity index (χ2v) is 4.17. The van der Waals surface area contributed by atoms with Gasteiger partial charge < -0.3 is 20.9 Å². The molecular formula is C13H19FN2O3. The van der Waals surface area contributed by atoms with E-state index >= 15 is 0 Å². The molecule has 0 spiro atoms. The van der Waals surface area contributed by atoms with Gasteiger partial charge >= 0.3 is 0 Å². The zero-order valence-corrected chi connectivity index (χ0v) is 10.8. The molecule has 0 aromatic heterocycles. The third-order valence-electron chi connectivity index (χ3n) is 2.76. The molecule has 106 valence electrons. The van der Waals surface area contributed by atoms with Crippen molar-refractivity contribution in [2.45, 2.75) is 18.6 Å². The molecular weight excluding hydrogens is 251 g/mol. The van der Waals surface area contributed by atoms with E-state index in [1.807, 2.05) is 0 Å². The standard InChI is InChI=1S/C13H19FN2O3/c1-19-11(7-15)6-13(18)16-8-12(17)9-2-4-10(14)5-3-9/h2-5,11-12,17H,6-8,15H2,1H3,(H,16,18). The SMILES string of the molecule is COC(CN)CC(=O)NCC(O)c1ccc(F)cc1. The summed E-state index contributed by atoms with van der Waals surface area (Å²) in [6, 6.07) is 5.47.